The van der Waals surface area contributed by atoms with E-state index in [1.54, 1.807) is 23.9 Å². The van der Waals surface area contributed by atoms with E-state index in [1.807, 2.05) is 37.4 Å². The summed E-state index contributed by atoms with van der Waals surface area (Å²) < 4.78 is 13.2. The standard InChI is InChI=1S/C21H22N4O4/c1-13-14(12-28-15-6-4-3-5-7-15)10-18(29-13)21(27)25-9-8-17-16(11-23-24(17)2)19(25)20(22)26/h3-7,10-11,19H,8-9,12H2,1-2H3,(H2,22,26). The fraction of sp³-hybridized carbons (Fsp3) is 0.286. The molecule has 0 fully saturated rings. The fourth-order valence-electron chi connectivity index (χ4n) is 3.65. The highest BCUT2D eigenvalue weighted by molar-refractivity contribution is 5.96. The van der Waals surface area contributed by atoms with E-state index in [4.69, 9.17) is 14.9 Å². The molecule has 1 aromatic carbocycles. The van der Waals surface area contributed by atoms with E-state index < -0.39 is 11.9 Å². The third-order valence-corrected chi connectivity index (χ3v) is 5.19. The molecule has 2 N–H and O–H groups in total. The molecule has 1 aliphatic heterocycles. The third-order valence-electron chi connectivity index (χ3n) is 5.19. The maximum atomic E-state index is 13.1. The first-order valence-corrected chi connectivity index (χ1v) is 9.34. The van der Waals surface area contributed by atoms with Gasteiger partial charge in [0.2, 0.25) is 5.91 Å². The largest absolute Gasteiger partial charge is 0.489 e. The maximum Gasteiger partial charge on any atom is 0.290 e. The van der Waals surface area contributed by atoms with E-state index >= 15 is 0 Å². The number of primary amides is 1. The molecule has 1 unspecified atom stereocenters. The van der Waals surface area contributed by atoms with Crippen molar-refractivity contribution in [1.82, 2.24) is 14.7 Å². The Hall–Kier alpha value is -3.55. The second-order valence-corrected chi connectivity index (χ2v) is 7.02. The molecule has 29 heavy (non-hydrogen) atoms. The monoisotopic (exact) mass is 394 g/mol. The van der Waals surface area contributed by atoms with Crippen molar-refractivity contribution < 1.29 is 18.7 Å². The number of amides is 2. The minimum absolute atomic E-state index is 0.160. The Bertz CT molecular complexity index is 1050. The lowest BCUT2D eigenvalue weighted by atomic mass is 9.98. The molecule has 0 saturated heterocycles. The average molecular weight is 394 g/mol. The van der Waals surface area contributed by atoms with Crippen LogP contribution >= 0.6 is 0 Å². The first-order chi connectivity index (χ1) is 14.0. The molecule has 3 heterocycles. The molecule has 1 aliphatic rings. The van der Waals surface area contributed by atoms with E-state index in [9.17, 15) is 9.59 Å². The number of nitrogens with zero attached hydrogens (tertiary/aromatic N) is 3. The molecule has 8 heteroatoms. The zero-order chi connectivity index (χ0) is 20.5. The highest BCUT2D eigenvalue weighted by Gasteiger charge is 2.38. The molecule has 0 spiro atoms. The van der Waals surface area contributed by atoms with Crippen LogP contribution in [0.4, 0.5) is 0 Å². The predicted molar refractivity (Wildman–Crippen MR) is 104 cm³/mol. The zero-order valence-corrected chi connectivity index (χ0v) is 16.3. The summed E-state index contributed by atoms with van der Waals surface area (Å²) in [5.74, 6) is 0.516. The molecule has 0 saturated carbocycles. The van der Waals surface area contributed by atoms with Crippen LogP contribution in [0.15, 0.2) is 47.0 Å². The number of benzene rings is 1. The molecule has 0 radical (unpaired) electrons. The van der Waals surface area contributed by atoms with Gasteiger partial charge < -0.3 is 19.8 Å². The smallest absolute Gasteiger partial charge is 0.290 e. The lowest BCUT2D eigenvalue weighted by molar-refractivity contribution is -0.123. The summed E-state index contributed by atoms with van der Waals surface area (Å²) in [7, 11) is 1.81. The van der Waals surface area contributed by atoms with Crippen molar-refractivity contribution >= 4 is 11.8 Å². The van der Waals surface area contributed by atoms with Gasteiger partial charge >= 0.3 is 0 Å². The van der Waals surface area contributed by atoms with Gasteiger partial charge in [0.25, 0.3) is 5.91 Å². The highest BCUT2D eigenvalue weighted by atomic mass is 16.5. The number of ether oxygens (including phenoxy) is 1. The predicted octanol–water partition coefficient (Wildman–Crippen LogP) is 2.13. The molecule has 1 atom stereocenters. The Morgan fingerprint density at radius 3 is 2.79 bits per heavy atom. The van der Waals surface area contributed by atoms with Gasteiger partial charge in [-0.2, -0.15) is 5.10 Å². The van der Waals surface area contributed by atoms with Gasteiger partial charge in [0.05, 0.1) is 6.20 Å². The lowest BCUT2D eigenvalue weighted by Gasteiger charge is -2.33. The van der Waals surface area contributed by atoms with E-state index in [1.165, 1.54) is 4.90 Å². The van der Waals surface area contributed by atoms with Gasteiger partial charge in [-0.1, -0.05) is 18.2 Å². The number of aryl methyl sites for hydroxylation is 2. The number of carbonyl (C=O) groups excluding carboxylic acids is 2. The number of furan rings is 1. The SMILES string of the molecule is Cc1oc(C(=O)N2CCc3c(cnn3C)C2C(N)=O)cc1COc1ccccc1. The van der Waals surface area contributed by atoms with Crippen LogP contribution in [-0.4, -0.2) is 33.0 Å². The summed E-state index contributed by atoms with van der Waals surface area (Å²) in [6.45, 7) is 2.41. The molecular formula is C21H22N4O4. The summed E-state index contributed by atoms with van der Waals surface area (Å²) in [6.07, 6.45) is 2.18. The molecule has 2 amide bonds. The molecule has 3 aromatic rings. The van der Waals surface area contributed by atoms with E-state index in [0.29, 0.717) is 24.3 Å². The van der Waals surface area contributed by atoms with Gasteiger partial charge in [-0.25, -0.2) is 0 Å². The summed E-state index contributed by atoms with van der Waals surface area (Å²) in [5.41, 5.74) is 7.96. The highest BCUT2D eigenvalue weighted by Crippen LogP contribution is 2.31. The Kier molecular flexibility index (Phi) is 4.84. The molecule has 0 bridgehead atoms. The van der Waals surface area contributed by atoms with E-state index in [2.05, 4.69) is 5.10 Å². The topological polar surface area (TPSA) is 104 Å². The number of aromatic nitrogens is 2. The summed E-state index contributed by atoms with van der Waals surface area (Å²) in [4.78, 5) is 26.7. The Morgan fingerprint density at radius 1 is 1.31 bits per heavy atom. The number of rotatable bonds is 5. The van der Waals surface area contributed by atoms with Crippen LogP contribution in [0.25, 0.3) is 0 Å². The minimum atomic E-state index is -0.866. The van der Waals surface area contributed by atoms with Gasteiger partial charge in [-0.3, -0.25) is 14.3 Å². The quantitative estimate of drug-likeness (QED) is 0.714. The van der Waals surface area contributed by atoms with Crippen molar-refractivity contribution in [2.45, 2.75) is 26.0 Å². The van der Waals surface area contributed by atoms with Crippen molar-refractivity contribution in [1.29, 1.82) is 0 Å². The van der Waals surface area contributed by atoms with Gasteiger partial charge in [0.1, 0.15) is 24.2 Å². The average Bonchev–Trinajstić information content (AvgIpc) is 3.28. The number of hydrogen-bond donors (Lipinski definition) is 1. The molecule has 0 aliphatic carbocycles. The van der Waals surface area contributed by atoms with E-state index in [0.717, 1.165) is 17.0 Å². The van der Waals surface area contributed by atoms with Crippen LogP contribution in [0.2, 0.25) is 0 Å². The second kappa shape index (κ2) is 7.46. The normalized spacial score (nSPS) is 15.8. The van der Waals surface area contributed by atoms with Crippen molar-refractivity contribution in [2.75, 3.05) is 6.54 Å². The molecular weight excluding hydrogens is 372 g/mol. The Morgan fingerprint density at radius 2 is 2.07 bits per heavy atom. The first-order valence-electron chi connectivity index (χ1n) is 9.34. The fourth-order valence-corrected chi connectivity index (χ4v) is 3.65. The van der Waals surface area contributed by atoms with Crippen molar-refractivity contribution in [3.8, 4) is 5.75 Å². The van der Waals surface area contributed by atoms with Crippen LogP contribution in [0.3, 0.4) is 0 Å². The van der Waals surface area contributed by atoms with E-state index in [-0.39, 0.29) is 18.3 Å². The number of hydrogen-bond acceptors (Lipinski definition) is 5. The Balaban J connectivity index is 1.55. The first kappa shape index (κ1) is 18.8. The van der Waals surface area contributed by atoms with Crippen LogP contribution in [-0.2, 0) is 24.9 Å². The molecule has 150 valence electrons. The number of fused-ring (bicyclic) bond motifs is 1. The minimum Gasteiger partial charge on any atom is -0.489 e. The van der Waals surface area contributed by atoms with Gasteiger partial charge in [0, 0.05) is 36.8 Å². The molecule has 2 aromatic heterocycles. The lowest BCUT2D eigenvalue weighted by Crippen LogP contribution is -2.45. The number of carbonyl (C=O) groups is 2. The van der Waals surface area contributed by atoms with Gasteiger partial charge in [-0.05, 0) is 25.1 Å². The van der Waals surface area contributed by atoms with Crippen LogP contribution in [0.1, 0.15) is 39.2 Å². The van der Waals surface area contributed by atoms with Gasteiger partial charge in [-0.15, -0.1) is 0 Å². The Labute approximate surface area is 167 Å². The van der Waals surface area contributed by atoms with Crippen molar-refractivity contribution in [3.05, 3.63) is 70.9 Å². The molecule has 8 nitrogen and oxygen atoms in total. The molecule has 4 rings (SSSR count). The summed E-state index contributed by atoms with van der Waals surface area (Å²) in [6, 6.07) is 10.2. The van der Waals surface area contributed by atoms with Gasteiger partial charge in [0.15, 0.2) is 5.76 Å². The number of nitrogens with two attached hydrogens (primary N) is 1. The maximum absolute atomic E-state index is 13.1. The second-order valence-electron chi connectivity index (χ2n) is 7.02. The number of para-hydroxylation sites is 1. The van der Waals surface area contributed by atoms with Crippen molar-refractivity contribution in [2.24, 2.45) is 12.8 Å². The zero-order valence-electron chi connectivity index (χ0n) is 16.3. The van der Waals surface area contributed by atoms with Crippen LogP contribution < -0.4 is 10.5 Å². The van der Waals surface area contributed by atoms with Crippen LogP contribution in [0.5, 0.6) is 5.75 Å². The van der Waals surface area contributed by atoms with Crippen LogP contribution in [0, 0.1) is 6.92 Å². The third kappa shape index (κ3) is 3.49. The summed E-state index contributed by atoms with van der Waals surface area (Å²) >= 11 is 0. The summed E-state index contributed by atoms with van der Waals surface area (Å²) in [5, 5.41) is 4.20. The van der Waals surface area contributed by atoms with Crippen molar-refractivity contribution in [3.63, 3.8) is 0 Å².